The summed E-state index contributed by atoms with van der Waals surface area (Å²) in [5.74, 6) is 1.10. The third-order valence-corrected chi connectivity index (χ3v) is 5.28. The number of amides is 1. The molecule has 0 radical (unpaired) electrons. The van der Waals surface area contributed by atoms with E-state index in [1.165, 1.54) is 24.8 Å². The van der Waals surface area contributed by atoms with Gasteiger partial charge in [-0.2, -0.15) is 5.26 Å². The van der Waals surface area contributed by atoms with Gasteiger partial charge >= 0.3 is 0 Å². The normalized spacial score (nSPS) is 10.2. The van der Waals surface area contributed by atoms with Gasteiger partial charge in [0.15, 0.2) is 17.3 Å². The maximum absolute atomic E-state index is 12.5. The number of aryl methyl sites for hydroxylation is 1. The molecule has 2 rings (SSSR count). The number of hydrogen-bond donors (Lipinski definition) is 0. The van der Waals surface area contributed by atoms with Crippen molar-refractivity contribution in [2.45, 2.75) is 25.4 Å². The predicted molar refractivity (Wildman–Crippen MR) is 110 cm³/mol. The Morgan fingerprint density at radius 3 is 2.48 bits per heavy atom. The van der Waals surface area contributed by atoms with Gasteiger partial charge in [0.1, 0.15) is 11.1 Å². The predicted octanol–water partition coefficient (Wildman–Crippen LogP) is 3.23. The first-order chi connectivity index (χ1) is 13.8. The van der Waals surface area contributed by atoms with E-state index in [4.69, 9.17) is 9.47 Å². The molecule has 0 atom stereocenters. The van der Waals surface area contributed by atoms with Crippen molar-refractivity contribution in [2.75, 3.05) is 27.0 Å². The first-order valence-corrected chi connectivity index (χ1v) is 9.79. The highest BCUT2D eigenvalue weighted by Crippen LogP contribution is 2.28. The van der Waals surface area contributed by atoms with Crippen LogP contribution < -0.4 is 9.47 Å². The zero-order valence-corrected chi connectivity index (χ0v) is 17.9. The van der Waals surface area contributed by atoms with Crippen LogP contribution in [0.4, 0.5) is 0 Å². The molecule has 0 aliphatic heterocycles. The summed E-state index contributed by atoms with van der Waals surface area (Å²) >= 11 is 1.19. The lowest BCUT2D eigenvalue weighted by Gasteiger charge is -2.18. The molecule has 0 aliphatic carbocycles. The van der Waals surface area contributed by atoms with E-state index in [1.54, 1.807) is 39.2 Å². The fourth-order valence-corrected chi connectivity index (χ4v) is 3.65. The van der Waals surface area contributed by atoms with Gasteiger partial charge in [-0.3, -0.25) is 9.59 Å². The molecule has 0 bridgehead atoms. The van der Waals surface area contributed by atoms with Crippen LogP contribution in [0.25, 0.3) is 0 Å². The molecule has 8 heteroatoms. The molecule has 2 aromatic rings. The van der Waals surface area contributed by atoms with Crippen LogP contribution in [0.1, 0.15) is 34.1 Å². The van der Waals surface area contributed by atoms with Crippen LogP contribution in [0.3, 0.4) is 0 Å². The van der Waals surface area contributed by atoms with Crippen molar-refractivity contribution in [3.8, 4) is 17.6 Å². The quantitative estimate of drug-likeness (QED) is 0.484. The number of rotatable bonds is 8. The Morgan fingerprint density at radius 2 is 1.90 bits per heavy atom. The number of hydrogen-bond acceptors (Lipinski definition) is 7. The molecule has 0 saturated carbocycles. The second-order valence-corrected chi connectivity index (χ2v) is 7.33. The molecule has 7 nitrogen and oxygen atoms in total. The molecule has 0 N–H and O–H groups in total. The van der Waals surface area contributed by atoms with Crippen LogP contribution in [0, 0.1) is 18.3 Å². The van der Waals surface area contributed by atoms with E-state index < -0.39 is 0 Å². The van der Waals surface area contributed by atoms with Gasteiger partial charge in [-0.15, -0.1) is 0 Å². The number of carbonyl (C=O) groups excluding carboxylic acids is 2. The molecule has 1 heterocycles. The van der Waals surface area contributed by atoms with Crippen LogP contribution in [-0.4, -0.2) is 48.6 Å². The second-order valence-electron chi connectivity index (χ2n) is 6.37. The number of thioether (sulfide) groups is 1. The summed E-state index contributed by atoms with van der Waals surface area (Å²) in [5, 5.41) is 9.79. The highest BCUT2D eigenvalue weighted by molar-refractivity contribution is 7.99. The first kappa shape index (κ1) is 22.2. The van der Waals surface area contributed by atoms with E-state index >= 15 is 0 Å². The minimum absolute atomic E-state index is 0.108. The molecule has 0 fully saturated rings. The number of Topliss-reactive ketones (excluding diaryl/α,β-unsaturated/α-hetero) is 1. The fraction of sp³-hybridized carbons (Fsp3) is 0.333. The molecule has 0 spiro atoms. The van der Waals surface area contributed by atoms with Crippen molar-refractivity contribution in [3.63, 3.8) is 0 Å². The van der Waals surface area contributed by atoms with Crippen molar-refractivity contribution < 1.29 is 19.1 Å². The Hall–Kier alpha value is -3.05. The molecular formula is C21H23N3O4S. The molecule has 1 amide bonds. The lowest BCUT2D eigenvalue weighted by molar-refractivity contribution is -0.127. The fourth-order valence-electron chi connectivity index (χ4n) is 2.71. The van der Waals surface area contributed by atoms with E-state index in [-0.39, 0.29) is 17.4 Å². The molecule has 0 saturated heterocycles. The molecule has 29 heavy (non-hydrogen) atoms. The minimum Gasteiger partial charge on any atom is -0.493 e. The number of nitrogens with zero attached hydrogens (tertiary/aromatic N) is 3. The highest BCUT2D eigenvalue weighted by atomic mass is 32.2. The van der Waals surface area contributed by atoms with E-state index in [0.29, 0.717) is 39.9 Å². The van der Waals surface area contributed by atoms with Crippen molar-refractivity contribution in [3.05, 3.63) is 46.6 Å². The highest BCUT2D eigenvalue weighted by Gasteiger charge is 2.16. The van der Waals surface area contributed by atoms with Gasteiger partial charge in [0, 0.05) is 24.8 Å². The Kier molecular flexibility index (Phi) is 7.62. The average molecular weight is 413 g/mol. The zero-order chi connectivity index (χ0) is 21.6. The number of methoxy groups -OCH3 is 2. The summed E-state index contributed by atoms with van der Waals surface area (Å²) in [6.07, 6.45) is 0. The van der Waals surface area contributed by atoms with Gasteiger partial charge in [0.25, 0.3) is 0 Å². The number of ketones is 1. The number of ether oxygens (including phenoxy) is 2. The van der Waals surface area contributed by atoms with E-state index in [1.807, 2.05) is 18.2 Å². The molecule has 152 valence electrons. The lowest BCUT2D eigenvalue weighted by atomic mass is 10.1. The van der Waals surface area contributed by atoms with E-state index in [0.717, 1.165) is 5.56 Å². The van der Waals surface area contributed by atoms with Crippen LogP contribution in [-0.2, 0) is 11.3 Å². The molecule has 0 unspecified atom stereocenters. The Morgan fingerprint density at radius 1 is 1.21 bits per heavy atom. The molecular weight excluding hydrogens is 390 g/mol. The Labute approximate surface area is 174 Å². The van der Waals surface area contributed by atoms with Crippen LogP contribution in [0.15, 0.2) is 29.3 Å². The van der Waals surface area contributed by atoms with Gasteiger partial charge in [-0.05, 0) is 37.6 Å². The van der Waals surface area contributed by atoms with Crippen LogP contribution >= 0.6 is 11.8 Å². The number of aromatic nitrogens is 1. The number of benzene rings is 1. The van der Waals surface area contributed by atoms with Crippen molar-refractivity contribution in [1.29, 1.82) is 5.26 Å². The largest absolute Gasteiger partial charge is 0.493 e. The van der Waals surface area contributed by atoms with Crippen molar-refractivity contribution in [2.24, 2.45) is 0 Å². The maximum atomic E-state index is 12.5. The summed E-state index contributed by atoms with van der Waals surface area (Å²) in [6.45, 7) is 3.55. The van der Waals surface area contributed by atoms with Gasteiger partial charge in [0.2, 0.25) is 5.91 Å². The van der Waals surface area contributed by atoms with Crippen LogP contribution in [0.5, 0.6) is 11.5 Å². The number of pyridine rings is 1. The number of carbonyl (C=O) groups is 2. The van der Waals surface area contributed by atoms with Gasteiger partial charge in [-0.1, -0.05) is 17.8 Å². The standard InChI is InChI=1S/C21H23N3O4S/c1-13-17(14(2)25)9-16(10-22)21(23-13)29-12-20(26)24(3)11-15-6-7-18(27-4)19(8-15)28-5/h6-9H,11-12H2,1-5H3. The third kappa shape index (κ3) is 5.48. The summed E-state index contributed by atoms with van der Waals surface area (Å²) in [7, 11) is 4.84. The zero-order valence-electron chi connectivity index (χ0n) is 17.1. The van der Waals surface area contributed by atoms with Gasteiger partial charge < -0.3 is 14.4 Å². The summed E-state index contributed by atoms with van der Waals surface area (Å²) in [4.78, 5) is 30.1. The molecule has 0 aliphatic rings. The Bertz CT molecular complexity index is 969. The van der Waals surface area contributed by atoms with Gasteiger partial charge in [0.05, 0.1) is 25.5 Å². The minimum atomic E-state index is -0.145. The summed E-state index contributed by atoms with van der Waals surface area (Å²) < 4.78 is 10.5. The first-order valence-electron chi connectivity index (χ1n) is 8.81. The van der Waals surface area contributed by atoms with E-state index in [2.05, 4.69) is 4.98 Å². The monoisotopic (exact) mass is 413 g/mol. The lowest BCUT2D eigenvalue weighted by Crippen LogP contribution is -2.27. The SMILES string of the molecule is COc1ccc(CN(C)C(=O)CSc2nc(C)c(C(C)=O)cc2C#N)cc1OC. The number of nitriles is 1. The third-order valence-electron chi connectivity index (χ3n) is 4.30. The van der Waals surface area contributed by atoms with Crippen molar-refractivity contribution in [1.82, 2.24) is 9.88 Å². The molecule has 1 aromatic heterocycles. The average Bonchev–Trinajstić information content (AvgIpc) is 2.71. The topological polar surface area (TPSA) is 92.5 Å². The smallest absolute Gasteiger partial charge is 0.233 e. The van der Waals surface area contributed by atoms with Crippen molar-refractivity contribution >= 4 is 23.5 Å². The maximum Gasteiger partial charge on any atom is 0.233 e. The van der Waals surface area contributed by atoms with Gasteiger partial charge in [-0.25, -0.2) is 4.98 Å². The van der Waals surface area contributed by atoms with E-state index in [9.17, 15) is 14.9 Å². The Balaban J connectivity index is 2.07. The second kappa shape index (κ2) is 9.94. The summed E-state index contributed by atoms with van der Waals surface area (Å²) in [6, 6.07) is 9.08. The van der Waals surface area contributed by atoms with Crippen LogP contribution in [0.2, 0.25) is 0 Å². The molecule has 1 aromatic carbocycles. The summed E-state index contributed by atoms with van der Waals surface area (Å²) in [5.41, 5.74) is 2.16.